The van der Waals surface area contributed by atoms with Crippen molar-refractivity contribution in [3.8, 4) is 11.8 Å². The van der Waals surface area contributed by atoms with Crippen LogP contribution in [-0.4, -0.2) is 49.3 Å². The molecule has 0 aromatic heterocycles. The first kappa shape index (κ1) is 16.2. The molecule has 1 N–H and O–H groups in total. The third-order valence-electron chi connectivity index (χ3n) is 3.17. The first-order valence-electron chi connectivity index (χ1n) is 6.47. The van der Waals surface area contributed by atoms with Crippen molar-refractivity contribution in [1.29, 1.82) is 0 Å². The molecule has 0 bridgehead atoms. The van der Waals surface area contributed by atoms with Crippen LogP contribution >= 0.6 is 0 Å². The fraction of sp³-hybridized carbons (Fsp3) is 0.438. The number of carbonyl (C=O) groups excluding carboxylic acids is 1. The number of rotatable bonds is 4. The van der Waals surface area contributed by atoms with Gasteiger partial charge >= 0.3 is 0 Å². The van der Waals surface area contributed by atoms with Gasteiger partial charge in [0.1, 0.15) is 6.61 Å². The second-order valence-electron chi connectivity index (χ2n) is 4.71. The lowest BCUT2D eigenvalue weighted by molar-refractivity contribution is 0.0633. The van der Waals surface area contributed by atoms with Crippen molar-refractivity contribution in [1.82, 2.24) is 4.90 Å². The molecule has 0 radical (unpaired) electrons. The molecular weight excluding hydrogens is 254 g/mol. The van der Waals surface area contributed by atoms with Gasteiger partial charge in [0.2, 0.25) is 0 Å². The number of aryl methyl sites for hydroxylation is 1. The van der Waals surface area contributed by atoms with Crippen LogP contribution in [0.2, 0.25) is 0 Å². The number of carbonyl (C=O) groups is 1. The molecule has 0 fully saturated rings. The molecule has 0 saturated carbocycles. The fourth-order valence-corrected chi connectivity index (χ4v) is 1.81. The van der Waals surface area contributed by atoms with Gasteiger partial charge in [0.15, 0.2) is 0 Å². The van der Waals surface area contributed by atoms with Crippen molar-refractivity contribution in [2.75, 3.05) is 27.4 Å². The standard InChI is InChI=1S/C16H21NO3/c1-12-7-8-14(6-5-9-18)10-15(12)16(19)17(3)13(2)11-20-4/h7-8,10,13,18H,9,11H2,1-4H3. The number of ether oxygens (including phenoxy) is 1. The third-order valence-corrected chi connectivity index (χ3v) is 3.17. The first-order chi connectivity index (χ1) is 9.51. The Morgan fingerprint density at radius 2 is 2.20 bits per heavy atom. The summed E-state index contributed by atoms with van der Waals surface area (Å²) in [6.45, 7) is 4.13. The molecule has 108 valence electrons. The number of amides is 1. The summed E-state index contributed by atoms with van der Waals surface area (Å²) in [7, 11) is 3.38. The SMILES string of the molecule is COCC(C)N(C)C(=O)c1cc(C#CCO)ccc1C. The zero-order chi connectivity index (χ0) is 15.1. The molecule has 1 rings (SSSR count). The summed E-state index contributed by atoms with van der Waals surface area (Å²) in [6, 6.07) is 5.46. The van der Waals surface area contributed by atoms with E-state index in [1.54, 1.807) is 25.1 Å². The number of methoxy groups -OCH3 is 1. The average molecular weight is 275 g/mol. The van der Waals surface area contributed by atoms with E-state index in [1.807, 2.05) is 26.0 Å². The molecule has 0 aliphatic rings. The highest BCUT2D eigenvalue weighted by Crippen LogP contribution is 2.14. The molecule has 1 atom stereocenters. The minimum atomic E-state index is -0.193. The van der Waals surface area contributed by atoms with E-state index >= 15 is 0 Å². The number of hydrogen-bond donors (Lipinski definition) is 1. The average Bonchev–Trinajstić information content (AvgIpc) is 2.45. The van der Waals surface area contributed by atoms with Gasteiger partial charge in [-0.25, -0.2) is 0 Å². The Labute approximate surface area is 120 Å². The highest BCUT2D eigenvalue weighted by atomic mass is 16.5. The van der Waals surface area contributed by atoms with Gasteiger partial charge in [0.05, 0.1) is 12.6 Å². The van der Waals surface area contributed by atoms with E-state index in [0.717, 1.165) is 11.1 Å². The van der Waals surface area contributed by atoms with Gasteiger partial charge in [-0.1, -0.05) is 17.9 Å². The quantitative estimate of drug-likeness (QED) is 0.846. The lowest BCUT2D eigenvalue weighted by Gasteiger charge is -2.25. The van der Waals surface area contributed by atoms with Crippen molar-refractivity contribution in [3.05, 3.63) is 34.9 Å². The predicted molar refractivity (Wildman–Crippen MR) is 78.6 cm³/mol. The maximum Gasteiger partial charge on any atom is 0.254 e. The van der Waals surface area contributed by atoms with Gasteiger partial charge in [-0.15, -0.1) is 0 Å². The topological polar surface area (TPSA) is 49.8 Å². The number of benzene rings is 1. The minimum absolute atomic E-state index is 0.000850. The van der Waals surface area contributed by atoms with Crippen molar-refractivity contribution in [3.63, 3.8) is 0 Å². The molecule has 0 aliphatic heterocycles. The summed E-state index contributed by atoms with van der Waals surface area (Å²) in [4.78, 5) is 14.1. The molecule has 4 heteroatoms. The number of likely N-dealkylation sites (N-methyl/N-ethyl adjacent to an activating group) is 1. The van der Waals surface area contributed by atoms with Gasteiger partial charge < -0.3 is 14.7 Å². The molecule has 20 heavy (non-hydrogen) atoms. The summed E-state index contributed by atoms with van der Waals surface area (Å²) in [5.41, 5.74) is 2.25. The van der Waals surface area contributed by atoms with E-state index in [0.29, 0.717) is 12.2 Å². The Kier molecular flexibility index (Phi) is 6.23. The van der Waals surface area contributed by atoms with E-state index in [4.69, 9.17) is 9.84 Å². The Bertz CT molecular complexity index is 528. The molecular formula is C16H21NO3. The zero-order valence-electron chi connectivity index (χ0n) is 12.4. The number of hydrogen-bond acceptors (Lipinski definition) is 3. The fourth-order valence-electron chi connectivity index (χ4n) is 1.81. The smallest absolute Gasteiger partial charge is 0.254 e. The van der Waals surface area contributed by atoms with Crippen molar-refractivity contribution in [2.45, 2.75) is 19.9 Å². The zero-order valence-corrected chi connectivity index (χ0v) is 12.4. The minimum Gasteiger partial charge on any atom is -0.384 e. The molecule has 1 aromatic rings. The van der Waals surface area contributed by atoms with E-state index in [2.05, 4.69) is 11.8 Å². The predicted octanol–water partition coefficient (Wildman–Crippen LogP) is 1.45. The van der Waals surface area contributed by atoms with Gasteiger partial charge in [-0.3, -0.25) is 4.79 Å². The Hall–Kier alpha value is -1.83. The Morgan fingerprint density at radius 3 is 2.80 bits per heavy atom. The van der Waals surface area contributed by atoms with Crippen LogP contribution < -0.4 is 0 Å². The maximum atomic E-state index is 12.5. The molecule has 0 aliphatic carbocycles. The number of aliphatic hydroxyl groups is 1. The monoisotopic (exact) mass is 275 g/mol. The lowest BCUT2D eigenvalue weighted by atomic mass is 10.0. The molecule has 0 spiro atoms. The van der Waals surface area contributed by atoms with E-state index in [-0.39, 0.29) is 18.6 Å². The van der Waals surface area contributed by atoms with Crippen LogP contribution in [0.3, 0.4) is 0 Å². The van der Waals surface area contributed by atoms with Crippen LogP contribution in [0.15, 0.2) is 18.2 Å². The van der Waals surface area contributed by atoms with Gasteiger partial charge in [0, 0.05) is 25.3 Å². The first-order valence-corrected chi connectivity index (χ1v) is 6.47. The van der Waals surface area contributed by atoms with Crippen LogP contribution in [0.5, 0.6) is 0 Å². The maximum absolute atomic E-state index is 12.5. The van der Waals surface area contributed by atoms with E-state index in [9.17, 15) is 4.79 Å². The van der Waals surface area contributed by atoms with Crippen molar-refractivity contribution < 1.29 is 14.6 Å². The van der Waals surface area contributed by atoms with Crippen LogP contribution in [-0.2, 0) is 4.74 Å². The van der Waals surface area contributed by atoms with Crippen molar-refractivity contribution in [2.24, 2.45) is 0 Å². The Balaban J connectivity index is 3.02. The van der Waals surface area contributed by atoms with E-state index in [1.165, 1.54) is 0 Å². The van der Waals surface area contributed by atoms with E-state index < -0.39 is 0 Å². The second-order valence-corrected chi connectivity index (χ2v) is 4.71. The van der Waals surface area contributed by atoms with Crippen LogP contribution in [0.4, 0.5) is 0 Å². The third kappa shape index (κ3) is 4.09. The molecule has 0 heterocycles. The molecule has 1 amide bonds. The molecule has 4 nitrogen and oxygen atoms in total. The highest BCUT2D eigenvalue weighted by Gasteiger charge is 2.19. The summed E-state index contributed by atoms with van der Waals surface area (Å²) < 4.78 is 5.07. The van der Waals surface area contributed by atoms with Crippen molar-refractivity contribution >= 4 is 5.91 Å². The molecule has 1 aromatic carbocycles. The van der Waals surface area contributed by atoms with Crippen LogP contribution in [0, 0.1) is 18.8 Å². The van der Waals surface area contributed by atoms with Crippen LogP contribution in [0.25, 0.3) is 0 Å². The largest absolute Gasteiger partial charge is 0.384 e. The molecule has 0 saturated heterocycles. The summed E-state index contributed by atoms with van der Waals surface area (Å²) in [5.74, 6) is 5.34. The van der Waals surface area contributed by atoms with Crippen LogP contribution in [0.1, 0.15) is 28.4 Å². The Morgan fingerprint density at radius 1 is 1.50 bits per heavy atom. The highest BCUT2D eigenvalue weighted by molar-refractivity contribution is 5.96. The summed E-state index contributed by atoms with van der Waals surface area (Å²) in [5, 5.41) is 8.72. The van der Waals surface area contributed by atoms with Gasteiger partial charge in [-0.05, 0) is 31.5 Å². The van der Waals surface area contributed by atoms with Gasteiger partial charge in [0.25, 0.3) is 5.91 Å². The normalized spacial score (nSPS) is 11.4. The lowest BCUT2D eigenvalue weighted by Crippen LogP contribution is -2.38. The van der Waals surface area contributed by atoms with Gasteiger partial charge in [-0.2, -0.15) is 0 Å². The summed E-state index contributed by atoms with van der Waals surface area (Å²) in [6.07, 6.45) is 0. The summed E-state index contributed by atoms with van der Waals surface area (Å²) >= 11 is 0. The number of aliphatic hydroxyl groups excluding tert-OH is 1. The molecule has 1 unspecified atom stereocenters. The second kappa shape index (κ2) is 7.68. The number of nitrogens with zero attached hydrogens (tertiary/aromatic N) is 1.